The van der Waals surface area contributed by atoms with Crippen LogP contribution in [0.2, 0.25) is 0 Å². The minimum Gasteiger partial charge on any atom is -0.469 e. The molecular weight excluding hydrogens is 910 g/mol. The highest BCUT2D eigenvalue weighted by atomic mass is 16.5. The van der Waals surface area contributed by atoms with Gasteiger partial charge in [-0.1, -0.05) is 34.6 Å². The van der Waals surface area contributed by atoms with Gasteiger partial charge in [0.25, 0.3) is 0 Å². The van der Waals surface area contributed by atoms with E-state index in [9.17, 15) is 33.6 Å². The van der Waals surface area contributed by atoms with E-state index in [1.54, 1.807) is 0 Å². The third-order valence-electron chi connectivity index (χ3n) is 16.8. The number of methoxy groups -OCH3 is 7. The van der Waals surface area contributed by atoms with Crippen molar-refractivity contribution in [3.63, 3.8) is 0 Å². The molecule has 0 radical (unpaired) electrons. The Kier molecular flexibility index (Phi) is 16.9. The maximum absolute atomic E-state index is 14.0. The molecule has 5 aliphatic rings. The van der Waals surface area contributed by atoms with Gasteiger partial charge in [-0.05, 0) is 63.7 Å². The maximum Gasteiger partial charge on any atom is 0.306 e. The number of hydrogen-bond acceptors (Lipinski definition) is 18. The molecule has 5 heterocycles. The lowest BCUT2D eigenvalue weighted by Gasteiger charge is -2.48. The summed E-state index contributed by atoms with van der Waals surface area (Å²) in [6.07, 6.45) is 2.42. The first-order valence-corrected chi connectivity index (χ1v) is 24.0. The van der Waals surface area contributed by atoms with Crippen LogP contribution in [-0.4, -0.2) is 120 Å². The molecule has 0 aliphatic carbocycles. The Hall–Kier alpha value is -5.68. The number of fused-ring (bicyclic) bond motifs is 6. The first kappa shape index (κ1) is 55.2. The molecule has 0 spiro atoms. The van der Waals surface area contributed by atoms with Gasteiger partial charge >= 0.3 is 41.8 Å². The number of rotatable bonds is 18. The minimum atomic E-state index is -1.37. The largest absolute Gasteiger partial charge is 0.469 e. The van der Waals surface area contributed by atoms with E-state index in [-0.39, 0.29) is 64.2 Å². The van der Waals surface area contributed by atoms with Crippen molar-refractivity contribution in [2.24, 2.45) is 60.3 Å². The van der Waals surface area contributed by atoms with Crippen molar-refractivity contribution < 1.29 is 66.7 Å². The summed E-state index contributed by atoms with van der Waals surface area (Å²) in [5.41, 5.74) is -0.483. The summed E-state index contributed by atoms with van der Waals surface area (Å²) < 4.78 is 36.8. The highest BCUT2D eigenvalue weighted by Gasteiger charge is 2.66. The Morgan fingerprint density at radius 1 is 0.586 bits per heavy atom. The lowest BCUT2D eigenvalue weighted by Crippen LogP contribution is -2.55. The molecule has 1 saturated heterocycles. The van der Waals surface area contributed by atoms with Crippen molar-refractivity contribution in [3.8, 4) is 0 Å². The van der Waals surface area contributed by atoms with E-state index in [0.29, 0.717) is 51.8 Å². The van der Waals surface area contributed by atoms with E-state index in [4.69, 9.17) is 48.1 Å². The van der Waals surface area contributed by atoms with Crippen LogP contribution in [-0.2, 0) is 66.7 Å². The topological polar surface area (TPSA) is 233 Å². The summed E-state index contributed by atoms with van der Waals surface area (Å²) in [7, 11) is 9.21. The predicted molar refractivity (Wildman–Crippen MR) is 258 cm³/mol. The lowest BCUT2D eigenvalue weighted by atomic mass is 9.58. The molecule has 0 aromatic heterocycles. The zero-order chi connectivity index (χ0) is 52.3. The summed E-state index contributed by atoms with van der Waals surface area (Å²) in [4.78, 5) is 111. The van der Waals surface area contributed by atoms with Crippen LogP contribution in [0.15, 0.2) is 49.3 Å². The monoisotopic (exact) mass is 984 g/mol. The summed E-state index contributed by atoms with van der Waals surface area (Å²) >= 11 is 0. The van der Waals surface area contributed by atoms with Crippen LogP contribution in [0.25, 0.3) is 0 Å². The lowest BCUT2D eigenvalue weighted by molar-refractivity contribution is -0.147. The van der Waals surface area contributed by atoms with Crippen LogP contribution in [0.1, 0.15) is 126 Å². The van der Waals surface area contributed by atoms with E-state index in [0.717, 1.165) is 0 Å². The van der Waals surface area contributed by atoms with Crippen molar-refractivity contribution in [2.45, 2.75) is 138 Å². The Morgan fingerprint density at radius 3 is 1.60 bits per heavy atom. The number of carbonyl (C=O) groups excluding carboxylic acids is 7. The Morgan fingerprint density at radius 2 is 1.07 bits per heavy atom. The number of esters is 7. The van der Waals surface area contributed by atoms with Gasteiger partial charge in [0.1, 0.15) is 0 Å². The minimum absolute atomic E-state index is 0.0103. The number of aliphatic imine (C=N–C) groups is 3. The second-order valence-corrected chi connectivity index (χ2v) is 20.7. The highest BCUT2D eigenvalue weighted by molar-refractivity contribution is 6.10. The highest BCUT2D eigenvalue weighted by Crippen LogP contribution is 2.62. The van der Waals surface area contributed by atoms with Gasteiger partial charge in [0, 0.05) is 105 Å². The van der Waals surface area contributed by atoms with E-state index in [1.807, 2.05) is 47.6 Å². The third kappa shape index (κ3) is 9.97. The van der Waals surface area contributed by atoms with Crippen molar-refractivity contribution in [2.75, 3.05) is 49.8 Å². The molecule has 8 bridgehead atoms. The van der Waals surface area contributed by atoms with E-state index in [1.165, 1.54) is 49.8 Å². The molecule has 0 saturated carbocycles. The maximum atomic E-state index is 14.0. The molecule has 70 heavy (non-hydrogen) atoms. The van der Waals surface area contributed by atoms with Crippen LogP contribution in [0.4, 0.5) is 0 Å². The van der Waals surface area contributed by atoms with E-state index in [2.05, 4.69) is 19.2 Å². The van der Waals surface area contributed by atoms with Crippen LogP contribution in [0.3, 0.4) is 0 Å². The van der Waals surface area contributed by atoms with Gasteiger partial charge in [-0.25, -0.2) is 0 Å². The van der Waals surface area contributed by atoms with Gasteiger partial charge in [-0.2, -0.15) is 0 Å². The summed E-state index contributed by atoms with van der Waals surface area (Å²) in [6, 6.07) is -0.888. The average molecular weight is 984 g/mol. The van der Waals surface area contributed by atoms with Gasteiger partial charge in [0.2, 0.25) is 0 Å². The van der Waals surface area contributed by atoms with Gasteiger partial charge < -0.3 is 38.5 Å². The molecule has 0 amide bonds. The number of nitrogens with zero attached hydrogens (tertiary/aromatic N) is 3. The average Bonchev–Trinajstić information content (AvgIpc) is 3.95. The van der Waals surface area contributed by atoms with Crippen LogP contribution >= 0.6 is 0 Å². The van der Waals surface area contributed by atoms with Crippen molar-refractivity contribution in [1.29, 1.82) is 0 Å². The second-order valence-electron chi connectivity index (χ2n) is 20.7. The number of carbonyl (C=O) groups is 7. The van der Waals surface area contributed by atoms with Crippen molar-refractivity contribution in [1.82, 2.24) is 5.32 Å². The van der Waals surface area contributed by atoms with Crippen molar-refractivity contribution >= 4 is 58.9 Å². The first-order chi connectivity index (χ1) is 32.8. The summed E-state index contributed by atoms with van der Waals surface area (Å²) in [5.74, 6) is -5.67. The normalized spacial score (nSPS) is 33.0. The fourth-order valence-corrected chi connectivity index (χ4v) is 12.3. The summed E-state index contributed by atoms with van der Waals surface area (Å²) in [5, 5.41) is 3.73. The second kappa shape index (κ2) is 21.4. The van der Waals surface area contributed by atoms with Crippen LogP contribution in [0, 0.1) is 45.3 Å². The zero-order valence-electron chi connectivity index (χ0n) is 43.8. The molecule has 1 N–H and O–H groups in total. The Bertz CT molecular complexity index is 2340. The molecule has 0 aromatic carbocycles. The smallest absolute Gasteiger partial charge is 0.306 e. The molecule has 10 atom stereocenters. The Balaban J connectivity index is 2.05. The molecule has 1 fully saturated rings. The SMILES string of the molecule is COC(=O)CC[C@@H]1C2=C([13CH3])C3=N[C@H]([C@H](CC(=O)OC)[C@@]3([13CH3])CCC(=O)OC)[C@]3([13CH3])N=C(/C([13CH3])=C4\NC(=CC(=N2)[C@]1(C)[13CH3])[C@@H](CCC(=O)OC)[C@]4(C)CC(=O)OC)[C@@H](CCC(=O)OC)[C@]3(C)CC(=O)OC. The summed E-state index contributed by atoms with van der Waals surface area (Å²) in [6.45, 7) is 15.7. The quantitative estimate of drug-likeness (QED) is 0.0873. The third-order valence-corrected chi connectivity index (χ3v) is 16.8. The molecule has 386 valence electrons. The zero-order valence-corrected chi connectivity index (χ0v) is 43.8. The fourth-order valence-electron chi connectivity index (χ4n) is 12.3. The van der Waals surface area contributed by atoms with Gasteiger partial charge in [0.15, 0.2) is 0 Å². The predicted octanol–water partition coefficient (Wildman–Crippen LogP) is 6.54. The van der Waals surface area contributed by atoms with E-state index >= 15 is 0 Å². The first-order valence-electron chi connectivity index (χ1n) is 24.0. The number of hydrogen-bond donors (Lipinski definition) is 1. The van der Waals surface area contributed by atoms with Crippen LogP contribution < -0.4 is 5.32 Å². The standard InChI is InChI=1S/C52H74N4O14/c1-28-43-31(17-20-37(58)65-10)48(3,4)35(54-43)25-34-30(16-19-36(57)64-9)50(6,26-41(62)69-14)46(53-34)29(2)44-32(18-21-38(59)66-11)51(7,27-42(63)70-15)52(8,56-44)47-33(24-40(61)68-13)49(5,45(28)55-47)23-22-39(60)67-12/h25,30-33,47,53H,16-24,26-27H2,1-15H3/b34-25?,43-28?,46-29-/t30-,31-,32-,33+,47-,49-,50+,51+,52+/m1/s1/i1+1,2+1,3+1,5+1,8+1/t30-,31-,32-,33+,47-,48+,49-,50+,51+,52+. The Labute approximate surface area is 411 Å². The number of ether oxygens (including phenoxy) is 7. The van der Waals surface area contributed by atoms with Crippen LogP contribution in [0.5, 0.6) is 0 Å². The number of allylic oxidation sites excluding steroid dienone is 6. The van der Waals surface area contributed by atoms with Crippen molar-refractivity contribution in [3.05, 3.63) is 34.3 Å². The molecule has 5 aliphatic heterocycles. The number of nitrogens with one attached hydrogen (secondary N) is 1. The fraction of sp³-hybridized carbons (Fsp3) is 0.692. The molecular formula is C52H74N4O14. The molecule has 0 unspecified atom stereocenters. The molecule has 18 heteroatoms. The van der Waals surface area contributed by atoms with E-state index < -0.39 is 98.7 Å². The van der Waals surface area contributed by atoms with Gasteiger partial charge in [-0.3, -0.25) is 48.5 Å². The van der Waals surface area contributed by atoms with Gasteiger partial charge in [0.05, 0.1) is 80.6 Å². The molecule has 0 aromatic rings. The van der Waals surface area contributed by atoms with Gasteiger partial charge in [-0.15, -0.1) is 0 Å². The molecule has 18 nitrogen and oxygen atoms in total. The molecule has 5 rings (SSSR count).